The molecule has 2 heteroatoms. The van der Waals surface area contributed by atoms with Crippen molar-refractivity contribution in [2.45, 2.75) is 51.4 Å². The van der Waals surface area contributed by atoms with Crippen LogP contribution in [0.3, 0.4) is 0 Å². The van der Waals surface area contributed by atoms with E-state index in [1.54, 1.807) is 0 Å². The van der Waals surface area contributed by atoms with Crippen molar-refractivity contribution in [2.75, 3.05) is 11.9 Å². The van der Waals surface area contributed by atoms with E-state index in [9.17, 15) is 0 Å². The van der Waals surface area contributed by atoms with Crippen molar-refractivity contribution in [1.82, 2.24) is 0 Å². The number of halogens is 1. The minimum atomic E-state index is 0.834. The van der Waals surface area contributed by atoms with E-state index in [-0.39, 0.29) is 0 Å². The molecule has 0 aliphatic rings. The Labute approximate surface area is 97.3 Å². The maximum atomic E-state index is 5.41. The van der Waals surface area contributed by atoms with Gasteiger partial charge in [-0.1, -0.05) is 40.9 Å². The molecule has 0 bridgehead atoms. The van der Waals surface area contributed by atoms with Gasteiger partial charge in [-0.2, -0.15) is 0 Å². The maximum Gasteiger partial charge on any atom is 0.00313 e. The molecule has 14 heavy (non-hydrogen) atoms. The van der Waals surface area contributed by atoms with Gasteiger partial charge in [0.2, 0.25) is 0 Å². The summed E-state index contributed by atoms with van der Waals surface area (Å²) in [4.78, 5) is 0. The van der Waals surface area contributed by atoms with Crippen molar-refractivity contribution >= 4 is 15.9 Å². The molecule has 0 rings (SSSR count). The Morgan fingerprint density at radius 3 is 1.93 bits per heavy atom. The van der Waals surface area contributed by atoms with Gasteiger partial charge in [-0.3, -0.25) is 0 Å². The van der Waals surface area contributed by atoms with Crippen LogP contribution in [0.25, 0.3) is 0 Å². The molecule has 0 radical (unpaired) electrons. The summed E-state index contributed by atoms with van der Waals surface area (Å²) in [5.41, 5.74) is 5.41. The first-order valence-electron chi connectivity index (χ1n) is 5.83. The van der Waals surface area contributed by atoms with Crippen molar-refractivity contribution in [2.24, 2.45) is 5.73 Å². The van der Waals surface area contributed by atoms with Gasteiger partial charge >= 0.3 is 0 Å². The fraction of sp³-hybridized carbons (Fsp3) is 0.833. The van der Waals surface area contributed by atoms with Crippen LogP contribution in [-0.4, -0.2) is 11.9 Å². The number of rotatable bonds is 10. The van der Waals surface area contributed by atoms with Crippen molar-refractivity contribution < 1.29 is 0 Å². The molecular weight excluding hydrogens is 238 g/mol. The van der Waals surface area contributed by atoms with E-state index in [1.807, 2.05) is 0 Å². The number of nitrogens with two attached hydrogens (primary N) is 1. The Bertz CT molecular complexity index is 123. The molecule has 0 spiro atoms. The van der Waals surface area contributed by atoms with Gasteiger partial charge in [0.1, 0.15) is 0 Å². The average Bonchev–Trinajstić information content (AvgIpc) is 2.21. The van der Waals surface area contributed by atoms with Crippen molar-refractivity contribution in [1.29, 1.82) is 0 Å². The van der Waals surface area contributed by atoms with Crippen LogP contribution in [0.2, 0.25) is 0 Å². The van der Waals surface area contributed by atoms with Gasteiger partial charge in [-0.05, 0) is 45.1 Å². The molecule has 0 unspecified atom stereocenters. The number of allylic oxidation sites excluding steroid dienone is 2. The Hall–Kier alpha value is 0.180. The zero-order valence-corrected chi connectivity index (χ0v) is 10.8. The molecule has 0 aliphatic heterocycles. The first kappa shape index (κ1) is 14.2. The summed E-state index contributed by atoms with van der Waals surface area (Å²) in [6, 6.07) is 0. The van der Waals surface area contributed by atoms with E-state index in [0.717, 1.165) is 18.3 Å². The lowest BCUT2D eigenvalue weighted by molar-refractivity contribution is 0.678. The summed E-state index contributed by atoms with van der Waals surface area (Å²) in [5, 5.41) is 1.15. The van der Waals surface area contributed by atoms with Crippen LogP contribution in [0.1, 0.15) is 51.4 Å². The minimum Gasteiger partial charge on any atom is -0.330 e. The normalized spacial score (nSPS) is 11.3. The Kier molecular flexibility index (Phi) is 13.3. The minimum absolute atomic E-state index is 0.834. The van der Waals surface area contributed by atoms with Crippen molar-refractivity contribution in [3.05, 3.63) is 12.2 Å². The quantitative estimate of drug-likeness (QED) is 0.359. The van der Waals surface area contributed by atoms with E-state index < -0.39 is 0 Å². The first-order chi connectivity index (χ1) is 6.91. The number of unbranched alkanes of at least 4 members (excludes halogenated alkanes) is 6. The Morgan fingerprint density at radius 1 is 0.786 bits per heavy atom. The fourth-order valence-electron chi connectivity index (χ4n) is 1.35. The van der Waals surface area contributed by atoms with E-state index >= 15 is 0 Å². The van der Waals surface area contributed by atoms with Crippen LogP contribution in [0.15, 0.2) is 12.2 Å². The molecule has 2 N–H and O–H groups in total. The van der Waals surface area contributed by atoms with Crippen LogP contribution < -0.4 is 5.73 Å². The van der Waals surface area contributed by atoms with Crippen LogP contribution in [0.5, 0.6) is 0 Å². The number of alkyl halides is 1. The van der Waals surface area contributed by atoms with E-state index in [0.29, 0.717) is 0 Å². The zero-order valence-electron chi connectivity index (χ0n) is 9.18. The molecule has 0 aliphatic carbocycles. The van der Waals surface area contributed by atoms with Crippen molar-refractivity contribution in [3.8, 4) is 0 Å². The number of hydrogen-bond donors (Lipinski definition) is 1. The molecule has 0 aromatic carbocycles. The molecule has 1 nitrogen and oxygen atoms in total. The second kappa shape index (κ2) is 13.2. The molecule has 84 valence electrons. The molecule has 0 atom stereocenters. The Morgan fingerprint density at radius 2 is 1.36 bits per heavy atom. The summed E-state index contributed by atoms with van der Waals surface area (Å²) in [7, 11) is 0. The lowest BCUT2D eigenvalue weighted by atomic mass is 10.1. The highest BCUT2D eigenvalue weighted by molar-refractivity contribution is 9.09. The van der Waals surface area contributed by atoms with Gasteiger partial charge in [0.05, 0.1) is 0 Å². The largest absolute Gasteiger partial charge is 0.330 e. The number of hydrogen-bond acceptors (Lipinski definition) is 1. The zero-order chi connectivity index (χ0) is 10.5. The SMILES string of the molecule is NCCCC/C=C\CCCCCCBr. The third-order valence-electron chi connectivity index (χ3n) is 2.25. The van der Waals surface area contributed by atoms with Gasteiger partial charge < -0.3 is 5.73 Å². The van der Waals surface area contributed by atoms with E-state index in [2.05, 4.69) is 28.1 Å². The highest BCUT2D eigenvalue weighted by Gasteiger charge is 1.87. The first-order valence-corrected chi connectivity index (χ1v) is 6.95. The summed E-state index contributed by atoms with van der Waals surface area (Å²) >= 11 is 3.44. The lowest BCUT2D eigenvalue weighted by Crippen LogP contribution is -1.96. The monoisotopic (exact) mass is 261 g/mol. The molecule has 0 heterocycles. The fourth-order valence-corrected chi connectivity index (χ4v) is 1.75. The predicted molar refractivity (Wildman–Crippen MR) is 68.9 cm³/mol. The molecule has 0 amide bonds. The standard InChI is InChI=1S/C12H24BrN/c13-11-9-7-5-3-1-2-4-6-8-10-12-14/h2,4H,1,3,5-12,14H2/b4-2-. The van der Waals surface area contributed by atoms with Crippen LogP contribution >= 0.6 is 15.9 Å². The molecule has 0 saturated heterocycles. The van der Waals surface area contributed by atoms with E-state index in [1.165, 1.54) is 44.9 Å². The van der Waals surface area contributed by atoms with Gasteiger partial charge in [-0.25, -0.2) is 0 Å². The van der Waals surface area contributed by atoms with Gasteiger partial charge in [0.25, 0.3) is 0 Å². The third kappa shape index (κ3) is 12.2. The summed E-state index contributed by atoms with van der Waals surface area (Å²) in [6.07, 6.45) is 14.9. The smallest absolute Gasteiger partial charge is 0.00313 e. The second-order valence-electron chi connectivity index (χ2n) is 3.65. The molecule has 0 aromatic rings. The lowest BCUT2D eigenvalue weighted by Gasteiger charge is -1.96. The molecule has 0 aromatic heterocycles. The molecule has 0 fully saturated rings. The van der Waals surface area contributed by atoms with Crippen molar-refractivity contribution in [3.63, 3.8) is 0 Å². The summed E-state index contributed by atoms with van der Waals surface area (Å²) < 4.78 is 0. The van der Waals surface area contributed by atoms with Crippen LogP contribution in [-0.2, 0) is 0 Å². The maximum absolute atomic E-state index is 5.41. The van der Waals surface area contributed by atoms with Crippen LogP contribution in [0, 0.1) is 0 Å². The van der Waals surface area contributed by atoms with Gasteiger partial charge in [0, 0.05) is 5.33 Å². The molecular formula is C12H24BrN. The molecule has 0 saturated carbocycles. The highest BCUT2D eigenvalue weighted by atomic mass is 79.9. The second-order valence-corrected chi connectivity index (χ2v) is 4.44. The average molecular weight is 262 g/mol. The summed E-state index contributed by atoms with van der Waals surface area (Å²) in [5.74, 6) is 0. The summed E-state index contributed by atoms with van der Waals surface area (Å²) in [6.45, 7) is 0.834. The third-order valence-corrected chi connectivity index (χ3v) is 2.81. The van der Waals surface area contributed by atoms with Gasteiger partial charge in [-0.15, -0.1) is 0 Å². The van der Waals surface area contributed by atoms with E-state index in [4.69, 9.17) is 5.73 Å². The topological polar surface area (TPSA) is 26.0 Å². The van der Waals surface area contributed by atoms with Gasteiger partial charge in [0.15, 0.2) is 0 Å². The predicted octanol–water partition coefficient (Wildman–Crippen LogP) is 4.02. The van der Waals surface area contributed by atoms with Crippen LogP contribution in [0.4, 0.5) is 0 Å². The Balaban J connectivity index is 2.96. The highest BCUT2D eigenvalue weighted by Crippen LogP contribution is 2.05.